The van der Waals surface area contributed by atoms with Crippen LogP contribution in [0.5, 0.6) is 0 Å². The molecule has 0 unspecified atom stereocenters. The number of hydrogen-bond donors (Lipinski definition) is 0. The first-order valence-corrected chi connectivity index (χ1v) is 9.72. The molecule has 0 N–H and O–H groups in total. The van der Waals surface area contributed by atoms with Gasteiger partial charge in [-0.05, 0) is 54.1 Å². The number of amides is 1. The Hall–Kier alpha value is -2.23. The summed E-state index contributed by atoms with van der Waals surface area (Å²) < 4.78 is 5.21. The molecule has 5 rings (SSSR count). The highest BCUT2D eigenvalue weighted by Crippen LogP contribution is 2.32. The zero-order chi connectivity index (χ0) is 17.8. The van der Waals surface area contributed by atoms with Gasteiger partial charge >= 0.3 is 0 Å². The van der Waals surface area contributed by atoms with Crippen molar-refractivity contribution in [1.82, 2.24) is 29.2 Å². The average molecular weight is 460 g/mol. The summed E-state index contributed by atoms with van der Waals surface area (Å²) in [7, 11) is 0. The fraction of sp³-hybridized carbons (Fsp3) is 0.333. The van der Waals surface area contributed by atoms with E-state index in [-0.39, 0.29) is 5.91 Å². The number of aromatic nitrogens is 5. The molecular weight excluding hydrogens is 443 g/mol. The first-order chi connectivity index (χ1) is 12.6. The van der Waals surface area contributed by atoms with Crippen LogP contribution >= 0.6 is 22.6 Å². The second-order valence-corrected chi connectivity index (χ2v) is 7.98. The summed E-state index contributed by atoms with van der Waals surface area (Å²) in [5.41, 5.74) is 4.21. The van der Waals surface area contributed by atoms with Crippen molar-refractivity contribution in [2.24, 2.45) is 0 Å². The number of nitrogens with zero attached hydrogens (tertiary/aromatic N) is 6. The number of hydrogen-bond acceptors (Lipinski definition) is 4. The van der Waals surface area contributed by atoms with Crippen molar-refractivity contribution in [1.29, 1.82) is 0 Å². The molecule has 0 spiro atoms. The Labute approximate surface area is 164 Å². The molecule has 1 fully saturated rings. The minimum Gasteiger partial charge on any atom is -0.335 e. The van der Waals surface area contributed by atoms with Crippen LogP contribution in [-0.4, -0.2) is 41.7 Å². The predicted molar refractivity (Wildman–Crippen MR) is 104 cm³/mol. The minimum atomic E-state index is 0.193. The van der Waals surface area contributed by atoms with E-state index in [4.69, 9.17) is 10.1 Å². The van der Waals surface area contributed by atoms with Crippen LogP contribution in [0.25, 0.3) is 17.1 Å². The van der Waals surface area contributed by atoms with Gasteiger partial charge < -0.3 is 9.47 Å². The molecular formula is C18H17IN6O. The molecule has 1 aromatic carbocycles. The lowest BCUT2D eigenvalue weighted by molar-refractivity contribution is -0.128. The lowest BCUT2D eigenvalue weighted by atomic mass is 10.1. The van der Waals surface area contributed by atoms with Crippen molar-refractivity contribution in [3.8, 4) is 17.1 Å². The third-order valence-electron chi connectivity index (χ3n) is 5.05. The Morgan fingerprint density at radius 3 is 3.00 bits per heavy atom. The van der Waals surface area contributed by atoms with Crippen LogP contribution in [0.4, 0.5) is 0 Å². The number of rotatable bonds is 2. The van der Waals surface area contributed by atoms with Gasteiger partial charge in [-0.2, -0.15) is 5.10 Å². The van der Waals surface area contributed by atoms with Gasteiger partial charge in [0.1, 0.15) is 0 Å². The number of halogens is 1. The lowest BCUT2D eigenvalue weighted by Crippen LogP contribution is -2.24. The molecule has 1 saturated heterocycles. The van der Waals surface area contributed by atoms with Crippen LogP contribution in [0, 0.1) is 10.5 Å². The number of fused-ring (bicyclic) bond motifs is 5. The third kappa shape index (κ3) is 2.46. The molecule has 8 heteroatoms. The van der Waals surface area contributed by atoms with E-state index in [9.17, 15) is 4.79 Å². The van der Waals surface area contributed by atoms with Gasteiger partial charge in [-0.25, -0.2) is 14.6 Å². The van der Waals surface area contributed by atoms with E-state index in [1.807, 2.05) is 22.8 Å². The first kappa shape index (κ1) is 16.0. The molecule has 2 aliphatic rings. The molecule has 0 aliphatic carbocycles. The molecule has 26 heavy (non-hydrogen) atoms. The van der Waals surface area contributed by atoms with E-state index in [0.29, 0.717) is 25.3 Å². The Kier molecular flexibility index (Phi) is 3.63. The highest BCUT2D eigenvalue weighted by molar-refractivity contribution is 14.1. The number of likely N-dealkylation sites (tertiary alicyclic amines) is 1. The standard InChI is InChI=1S/C18H17IN6O/c1-11-15-8-25-18(21-16(22-25)9-23-6-2-3-17(23)26)13-7-12(19)4-5-14(13)24(15)10-20-11/h4-5,7,10H,2-3,6,8-9H2,1H3. The van der Waals surface area contributed by atoms with Crippen molar-refractivity contribution in [3.63, 3.8) is 0 Å². The fourth-order valence-electron chi connectivity index (χ4n) is 3.71. The Bertz CT molecular complexity index is 1040. The quantitative estimate of drug-likeness (QED) is 0.432. The largest absolute Gasteiger partial charge is 0.335 e. The SMILES string of the molecule is Cc1ncn2c1Cn1nc(CN3CCCC3=O)nc1-c1cc(I)ccc1-2. The zero-order valence-corrected chi connectivity index (χ0v) is 16.5. The molecule has 4 heterocycles. The molecule has 2 aromatic heterocycles. The highest BCUT2D eigenvalue weighted by Gasteiger charge is 2.26. The smallest absolute Gasteiger partial charge is 0.223 e. The second-order valence-electron chi connectivity index (χ2n) is 6.74. The summed E-state index contributed by atoms with van der Waals surface area (Å²) in [4.78, 5) is 23.1. The van der Waals surface area contributed by atoms with E-state index in [0.717, 1.165) is 45.0 Å². The van der Waals surface area contributed by atoms with Crippen LogP contribution in [0.15, 0.2) is 24.5 Å². The van der Waals surface area contributed by atoms with Gasteiger partial charge in [-0.3, -0.25) is 4.79 Å². The number of carbonyl (C=O) groups excluding carboxylic acids is 1. The number of imidazole rings is 1. The van der Waals surface area contributed by atoms with Crippen molar-refractivity contribution in [2.75, 3.05) is 6.54 Å². The Morgan fingerprint density at radius 1 is 1.31 bits per heavy atom. The monoisotopic (exact) mass is 460 g/mol. The van der Waals surface area contributed by atoms with Crippen LogP contribution in [0.1, 0.15) is 30.1 Å². The predicted octanol–water partition coefficient (Wildman–Crippen LogP) is 2.53. The molecule has 2 aliphatic heterocycles. The molecule has 0 radical (unpaired) electrons. The van der Waals surface area contributed by atoms with Gasteiger partial charge in [0.05, 0.1) is 36.5 Å². The van der Waals surface area contributed by atoms with Gasteiger partial charge in [0.25, 0.3) is 0 Å². The topological polar surface area (TPSA) is 68.8 Å². The summed E-state index contributed by atoms with van der Waals surface area (Å²) in [6.45, 7) is 3.91. The second kappa shape index (κ2) is 5.90. The molecule has 0 bridgehead atoms. The van der Waals surface area contributed by atoms with E-state index in [1.165, 1.54) is 0 Å². The minimum absolute atomic E-state index is 0.193. The summed E-state index contributed by atoms with van der Waals surface area (Å²) in [5.74, 6) is 1.74. The lowest BCUT2D eigenvalue weighted by Gasteiger charge is -2.12. The van der Waals surface area contributed by atoms with Crippen LogP contribution in [0.3, 0.4) is 0 Å². The maximum absolute atomic E-state index is 11.9. The molecule has 1 amide bonds. The molecule has 0 atom stereocenters. The fourth-order valence-corrected chi connectivity index (χ4v) is 4.20. The Morgan fingerprint density at radius 2 is 2.19 bits per heavy atom. The Balaban J connectivity index is 1.64. The van der Waals surface area contributed by atoms with Gasteiger partial charge in [0.15, 0.2) is 11.6 Å². The van der Waals surface area contributed by atoms with Gasteiger partial charge in [-0.15, -0.1) is 0 Å². The normalized spacial score (nSPS) is 15.6. The van der Waals surface area contributed by atoms with Crippen LogP contribution in [0.2, 0.25) is 0 Å². The van der Waals surface area contributed by atoms with Crippen molar-refractivity contribution >= 4 is 28.5 Å². The molecule has 132 valence electrons. The number of benzene rings is 1. The maximum Gasteiger partial charge on any atom is 0.223 e. The maximum atomic E-state index is 11.9. The summed E-state index contributed by atoms with van der Waals surface area (Å²) >= 11 is 2.32. The van der Waals surface area contributed by atoms with E-state index < -0.39 is 0 Å². The van der Waals surface area contributed by atoms with Gasteiger partial charge in [0, 0.05) is 22.1 Å². The molecule has 3 aromatic rings. The zero-order valence-electron chi connectivity index (χ0n) is 14.3. The number of carbonyl (C=O) groups is 1. The van der Waals surface area contributed by atoms with E-state index in [1.54, 1.807) is 0 Å². The van der Waals surface area contributed by atoms with Crippen molar-refractivity contribution in [3.05, 3.63) is 45.3 Å². The first-order valence-electron chi connectivity index (χ1n) is 8.65. The average Bonchev–Trinajstić information content (AvgIpc) is 3.28. The van der Waals surface area contributed by atoms with Gasteiger partial charge in [-0.1, -0.05) is 0 Å². The van der Waals surface area contributed by atoms with Crippen LogP contribution in [-0.2, 0) is 17.9 Å². The van der Waals surface area contributed by atoms with Gasteiger partial charge in [0.2, 0.25) is 5.91 Å². The van der Waals surface area contributed by atoms with Crippen molar-refractivity contribution < 1.29 is 4.79 Å². The molecule has 0 saturated carbocycles. The summed E-state index contributed by atoms with van der Waals surface area (Å²) in [6.07, 6.45) is 3.42. The highest BCUT2D eigenvalue weighted by atomic mass is 127. The number of aryl methyl sites for hydroxylation is 1. The third-order valence-corrected chi connectivity index (χ3v) is 5.72. The summed E-state index contributed by atoms with van der Waals surface area (Å²) in [5, 5.41) is 4.72. The van der Waals surface area contributed by atoms with Crippen molar-refractivity contribution in [2.45, 2.75) is 32.9 Å². The molecule has 7 nitrogen and oxygen atoms in total. The van der Waals surface area contributed by atoms with E-state index in [2.05, 4.69) is 50.3 Å². The summed E-state index contributed by atoms with van der Waals surface area (Å²) in [6, 6.07) is 6.33. The van der Waals surface area contributed by atoms with E-state index >= 15 is 0 Å². The van der Waals surface area contributed by atoms with Crippen LogP contribution < -0.4 is 0 Å².